The molecule has 1 rings (SSSR count). The maximum atomic E-state index is 5.64. The molecule has 0 amide bonds. The number of aryl methyl sites for hydroxylation is 2. The Bertz CT molecular complexity index is 306. The Morgan fingerprint density at radius 3 is 2.80 bits per heavy atom. The van der Waals surface area contributed by atoms with E-state index < -0.39 is 0 Å². The van der Waals surface area contributed by atoms with Gasteiger partial charge >= 0.3 is 0 Å². The van der Waals surface area contributed by atoms with Crippen LogP contribution in [0.15, 0.2) is 6.07 Å². The van der Waals surface area contributed by atoms with Crippen molar-refractivity contribution in [2.24, 2.45) is 5.73 Å². The Morgan fingerprint density at radius 1 is 1.60 bits per heavy atom. The minimum Gasteiger partial charge on any atom is -0.329 e. The summed E-state index contributed by atoms with van der Waals surface area (Å²) in [5.41, 5.74) is 7.98. The summed E-state index contributed by atoms with van der Waals surface area (Å²) < 4.78 is 2.05. The van der Waals surface area contributed by atoms with Gasteiger partial charge in [0.1, 0.15) is 0 Å². The van der Waals surface area contributed by atoms with Crippen molar-refractivity contribution in [3.05, 3.63) is 17.5 Å². The third-order valence-electron chi connectivity index (χ3n) is 2.79. The molecule has 0 radical (unpaired) electrons. The SMILES string of the molecule is CCn1nc(C)cc1CN(C)C(C)CN. The zero-order valence-corrected chi connectivity index (χ0v) is 10.2. The van der Waals surface area contributed by atoms with Gasteiger partial charge in [-0.15, -0.1) is 0 Å². The van der Waals surface area contributed by atoms with Crippen molar-refractivity contribution in [1.29, 1.82) is 0 Å². The lowest BCUT2D eigenvalue weighted by molar-refractivity contribution is 0.247. The van der Waals surface area contributed by atoms with Crippen LogP contribution in [-0.2, 0) is 13.1 Å². The molecule has 0 aromatic carbocycles. The van der Waals surface area contributed by atoms with Crippen molar-refractivity contribution in [2.45, 2.75) is 39.9 Å². The fourth-order valence-corrected chi connectivity index (χ4v) is 1.59. The first-order valence-electron chi connectivity index (χ1n) is 5.52. The molecule has 0 aliphatic carbocycles. The van der Waals surface area contributed by atoms with Gasteiger partial charge in [0.2, 0.25) is 0 Å². The van der Waals surface area contributed by atoms with Gasteiger partial charge in [0.15, 0.2) is 0 Å². The number of hydrogen-bond acceptors (Lipinski definition) is 3. The minimum atomic E-state index is 0.408. The number of hydrogen-bond donors (Lipinski definition) is 1. The molecule has 2 N–H and O–H groups in total. The molecule has 4 nitrogen and oxygen atoms in total. The Balaban J connectivity index is 2.70. The Morgan fingerprint density at radius 2 is 2.27 bits per heavy atom. The normalized spacial score (nSPS) is 13.5. The van der Waals surface area contributed by atoms with Crippen LogP contribution < -0.4 is 5.73 Å². The average Bonchev–Trinajstić information content (AvgIpc) is 2.57. The fourth-order valence-electron chi connectivity index (χ4n) is 1.59. The lowest BCUT2D eigenvalue weighted by Crippen LogP contribution is -2.35. The second-order valence-corrected chi connectivity index (χ2v) is 4.09. The van der Waals surface area contributed by atoms with Crippen molar-refractivity contribution in [3.63, 3.8) is 0 Å². The molecule has 4 heteroatoms. The molecular formula is C11H22N4. The lowest BCUT2D eigenvalue weighted by Gasteiger charge is -2.23. The van der Waals surface area contributed by atoms with Crippen molar-refractivity contribution in [3.8, 4) is 0 Å². The van der Waals surface area contributed by atoms with E-state index in [1.807, 2.05) is 6.92 Å². The third-order valence-corrected chi connectivity index (χ3v) is 2.79. The molecule has 0 aliphatic rings. The van der Waals surface area contributed by atoms with Gasteiger partial charge in [0, 0.05) is 25.7 Å². The topological polar surface area (TPSA) is 47.1 Å². The molecule has 1 aromatic rings. The van der Waals surface area contributed by atoms with Crippen molar-refractivity contribution < 1.29 is 0 Å². The van der Waals surface area contributed by atoms with Crippen LogP contribution in [0.2, 0.25) is 0 Å². The summed E-state index contributed by atoms with van der Waals surface area (Å²) in [4.78, 5) is 2.25. The van der Waals surface area contributed by atoms with Crippen molar-refractivity contribution in [2.75, 3.05) is 13.6 Å². The monoisotopic (exact) mass is 210 g/mol. The first kappa shape index (κ1) is 12.2. The Kier molecular flexibility index (Phi) is 4.29. The third kappa shape index (κ3) is 3.04. The minimum absolute atomic E-state index is 0.408. The van der Waals surface area contributed by atoms with E-state index in [2.05, 4.69) is 41.6 Å². The van der Waals surface area contributed by atoms with Gasteiger partial charge in [0.25, 0.3) is 0 Å². The molecule has 0 fully saturated rings. The van der Waals surface area contributed by atoms with Gasteiger partial charge in [0.05, 0.1) is 11.4 Å². The molecule has 86 valence electrons. The number of likely N-dealkylation sites (N-methyl/N-ethyl adjacent to an activating group) is 1. The summed E-state index contributed by atoms with van der Waals surface area (Å²) in [6.45, 7) is 8.81. The van der Waals surface area contributed by atoms with E-state index in [9.17, 15) is 0 Å². The summed E-state index contributed by atoms with van der Waals surface area (Å²) in [6.07, 6.45) is 0. The van der Waals surface area contributed by atoms with Gasteiger partial charge < -0.3 is 5.73 Å². The summed E-state index contributed by atoms with van der Waals surface area (Å²) >= 11 is 0. The van der Waals surface area contributed by atoms with Gasteiger partial charge in [-0.1, -0.05) is 0 Å². The molecule has 0 aliphatic heterocycles. The number of aromatic nitrogens is 2. The highest BCUT2D eigenvalue weighted by atomic mass is 15.3. The number of nitrogens with zero attached hydrogens (tertiary/aromatic N) is 3. The molecule has 0 bridgehead atoms. The van der Waals surface area contributed by atoms with Crippen LogP contribution in [0.4, 0.5) is 0 Å². The van der Waals surface area contributed by atoms with E-state index in [1.54, 1.807) is 0 Å². The van der Waals surface area contributed by atoms with Gasteiger partial charge in [-0.05, 0) is 33.9 Å². The van der Waals surface area contributed by atoms with Crippen LogP contribution in [0.25, 0.3) is 0 Å². The highest BCUT2D eigenvalue weighted by Crippen LogP contribution is 2.08. The molecule has 1 aromatic heterocycles. The maximum absolute atomic E-state index is 5.64. The molecule has 0 saturated heterocycles. The first-order valence-corrected chi connectivity index (χ1v) is 5.52. The standard InChI is InChI=1S/C11H22N4/c1-5-15-11(6-9(2)13-15)8-14(4)10(3)7-12/h6,10H,5,7-8,12H2,1-4H3. The molecule has 0 saturated carbocycles. The fraction of sp³-hybridized carbons (Fsp3) is 0.727. The second-order valence-electron chi connectivity index (χ2n) is 4.09. The summed E-state index contributed by atoms with van der Waals surface area (Å²) in [7, 11) is 2.10. The summed E-state index contributed by atoms with van der Waals surface area (Å²) in [5, 5.41) is 4.43. The van der Waals surface area contributed by atoms with Crippen LogP contribution in [0.3, 0.4) is 0 Å². The van der Waals surface area contributed by atoms with Crippen LogP contribution >= 0.6 is 0 Å². The second kappa shape index (κ2) is 5.28. The number of rotatable bonds is 5. The van der Waals surface area contributed by atoms with E-state index >= 15 is 0 Å². The zero-order valence-electron chi connectivity index (χ0n) is 10.2. The smallest absolute Gasteiger partial charge is 0.0597 e. The average molecular weight is 210 g/mol. The number of nitrogens with two attached hydrogens (primary N) is 1. The van der Waals surface area contributed by atoms with Crippen LogP contribution in [-0.4, -0.2) is 34.3 Å². The van der Waals surface area contributed by atoms with Crippen molar-refractivity contribution in [1.82, 2.24) is 14.7 Å². The van der Waals surface area contributed by atoms with Crippen molar-refractivity contribution >= 4 is 0 Å². The van der Waals surface area contributed by atoms with E-state index in [4.69, 9.17) is 5.73 Å². The van der Waals surface area contributed by atoms with Crippen LogP contribution in [0.1, 0.15) is 25.2 Å². The van der Waals surface area contributed by atoms with Gasteiger partial charge in [-0.25, -0.2) is 0 Å². The van der Waals surface area contributed by atoms with Gasteiger partial charge in [-0.3, -0.25) is 9.58 Å². The van der Waals surface area contributed by atoms with E-state index in [-0.39, 0.29) is 0 Å². The largest absolute Gasteiger partial charge is 0.329 e. The zero-order chi connectivity index (χ0) is 11.4. The molecule has 0 spiro atoms. The molecule has 1 heterocycles. The van der Waals surface area contributed by atoms with E-state index in [0.29, 0.717) is 12.6 Å². The van der Waals surface area contributed by atoms with Gasteiger partial charge in [-0.2, -0.15) is 5.10 Å². The van der Waals surface area contributed by atoms with Crippen LogP contribution in [0.5, 0.6) is 0 Å². The van der Waals surface area contributed by atoms with Crippen LogP contribution in [0, 0.1) is 6.92 Å². The quantitative estimate of drug-likeness (QED) is 0.788. The summed E-state index contributed by atoms with van der Waals surface area (Å²) in [6, 6.07) is 2.55. The van der Waals surface area contributed by atoms with E-state index in [1.165, 1.54) is 5.69 Å². The molecular weight excluding hydrogens is 188 g/mol. The molecule has 15 heavy (non-hydrogen) atoms. The summed E-state index contributed by atoms with van der Waals surface area (Å²) in [5.74, 6) is 0. The van der Waals surface area contributed by atoms with E-state index in [0.717, 1.165) is 18.8 Å². The highest BCUT2D eigenvalue weighted by molar-refractivity contribution is 5.08. The first-order chi connectivity index (χ1) is 7.08. The molecule has 1 atom stereocenters. The maximum Gasteiger partial charge on any atom is 0.0597 e. The predicted octanol–water partition coefficient (Wildman–Crippen LogP) is 0.990. The Labute approximate surface area is 92.1 Å². The Hall–Kier alpha value is -0.870. The lowest BCUT2D eigenvalue weighted by atomic mass is 10.2. The predicted molar refractivity (Wildman–Crippen MR) is 62.6 cm³/mol. The highest BCUT2D eigenvalue weighted by Gasteiger charge is 2.11. The molecule has 1 unspecified atom stereocenters.